The average Bonchev–Trinajstić information content (AvgIpc) is 2.68. The van der Waals surface area contributed by atoms with Gasteiger partial charge in [-0.05, 0) is 18.6 Å². The Hall–Kier alpha value is -3.68. The van der Waals surface area contributed by atoms with Crippen molar-refractivity contribution in [1.29, 1.82) is 0 Å². The summed E-state index contributed by atoms with van der Waals surface area (Å²) in [6.45, 7) is 1.98. The van der Waals surface area contributed by atoms with Crippen molar-refractivity contribution in [3.63, 3.8) is 0 Å². The van der Waals surface area contributed by atoms with Gasteiger partial charge in [-0.25, -0.2) is 4.79 Å². The van der Waals surface area contributed by atoms with E-state index in [0.717, 1.165) is 5.56 Å². The lowest BCUT2D eigenvalue weighted by Crippen LogP contribution is -2.33. The molecule has 0 saturated heterocycles. The molecule has 1 atom stereocenters. The van der Waals surface area contributed by atoms with Gasteiger partial charge >= 0.3 is 17.2 Å². The Morgan fingerprint density at radius 1 is 1.18 bits per heavy atom. The van der Waals surface area contributed by atoms with Crippen LogP contribution in [0.1, 0.15) is 12.5 Å². The van der Waals surface area contributed by atoms with Crippen LogP contribution in [0, 0.1) is 10.1 Å². The third-order valence-corrected chi connectivity index (χ3v) is 4.55. The van der Waals surface area contributed by atoms with Crippen molar-refractivity contribution in [1.82, 2.24) is 4.57 Å². The Kier molecular flexibility index (Phi) is 5.39. The number of para-hydroxylation sites is 1. The number of nitro groups is 1. The maximum absolute atomic E-state index is 12.7. The first-order valence-corrected chi connectivity index (χ1v) is 8.77. The molecule has 8 heteroatoms. The summed E-state index contributed by atoms with van der Waals surface area (Å²) in [5, 5.41) is 24.5. The number of fused-ring (bicyclic) bond motifs is 1. The van der Waals surface area contributed by atoms with Crippen LogP contribution in [0.15, 0.2) is 59.4 Å². The van der Waals surface area contributed by atoms with Gasteiger partial charge in [-0.2, -0.15) is 0 Å². The smallest absolute Gasteiger partial charge is 0.357 e. The predicted octanol–water partition coefficient (Wildman–Crippen LogP) is 3.04. The molecule has 1 aromatic heterocycles. The van der Waals surface area contributed by atoms with Gasteiger partial charge in [0.2, 0.25) is 0 Å². The van der Waals surface area contributed by atoms with Crippen LogP contribution in [0.4, 0.5) is 11.4 Å². The highest BCUT2D eigenvalue weighted by atomic mass is 16.6. The summed E-state index contributed by atoms with van der Waals surface area (Å²) < 4.78 is 1.31. The standard InChI is InChI=1S/C20H19N3O5/c1-2-22-16-11-7-6-10-14(16)17(18(19(22)24)23(27)28)21-15(20(25)26)12-13-8-4-3-5-9-13/h3-11,15,21H,2,12H2,1H3,(H,25,26)/t15-/m0/s1. The highest BCUT2D eigenvalue weighted by Crippen LogP contribution is 2.31. The normalized spacial score (nSPS) is 11.9. The molecular formula is C20H19N3O5. The van der Waals surface area contributed by atoms with E-state index in [0.29, 0.717) is 10.9 Å². The molecule has 2 aromatic carbocycles. The van der Waals surface area contributed by atoms with Crippen LogP contribution >= 0.6 is 0 Å². The highest BCUT2D eigenvalue weighted by molar-refractivity contribution is 5.97. The first-order chi connectivity index (χ1) is 13.4. The molecule has 2 N–H and O–H groups in total. The fraction of sp³-hybridized carbons (Fsp3) is 0.200. The maximum atomic E-state index is 12.7. The van der Waals surface area contributed by atoms with Gasteiger partial charge in [-0.15, -0.1) is 0 Å². The monoisotopic (exact) mass is 381 g/mol. The molecule has 0 fully saturated rings. The largest absolute Gasteiger partial charge is 0.480 e. The van der Waals surface area contributed by atoms with E-state index in [-0.39, 0.29) is 18.7 Å². The van der Waals surface area contributed by atoms with Gasteiger partial charge in [-0.1, -0.05) is 48.5 Å². The number of aliphatic carboxylic acids is 1. The van der Waals surface area contributed by atoms with Gasteiger partial charge in [0.1, 0.15) is 11.7 Å². The first-order valence-electron chi connectivity index (χ1n) is 8.77. The molecule has 0 amide bonds. The van der Waals surface area contributed by atoms with E-state index in [9.17, 15) is 24.8 Å². The summed E-state index contributed by atoms with van der Waals surface area (Å²) in [6, 6.07) is 14.5. The van der Waals surface area contributed by atoms with Crippen LogP contribution in [-0.4, -0.2) is 26.6 Å². The molecule has 144 valence electrons. The van der Waals surface area contributed by atoms with E-state index >= 15 is 0 Å². The Morgan fingerprint density at radius 2 is 1.82 bits per heavy atom. The number of hydrogen-bond acceptors (Lipinski definition) is 5. The second-order valence-corrected chi connectivity index (χ2v) is 6.27. The van der Waals surface area contributed by atoms with Crippen LogP contribution in [0.25, 0.3) is 10.9 Å². The fourth-order valence-corrected chi connectivity index (χ4v) is 3.25. The molecule has 3 rings (SSSR count). The van der Waals surface area contributed by atoms with Crippen LogP contribution < -0.4 is 10.9 Å². The van der Waals surface area contributed by atoms with E-state index in [2.05, 4.69) is 5.32 Å². The third kappa shape index (κ3) is 3.57. The summed E-state index contributed by atoms with van der Waals surface area (Å²) >= 11 is 0. The Bertz CT molecular complexity index is 1090. The SMILES string of the molecule is CCn1c(=O)c([N+](=O)[O-])c(N[C@@H](Cc2ccccc2)C(=O)O)c2ccccc21. The lowest BCUT2D eigenvalue weighted by molar-refractivity contribution is -0.385. The Labute approximate surface area is 160 Å². The number of aromatic nitrogens is 1. The highest BCUT2D eigenvalue weighted by Gasteiger charge is 2.29. The summed E-state index contributed by atoms with van der Waals surface area (Å²) in [7, 11) is 0. The number of rotatable bonds is 7. The van der Waals surface area contributed by atoms with E-state index < -0.39 is 28.2 Å². The summed E-state index contributed by atoms with van der Waals surface area (Å²) in [4.78, 5) is 35.4. The third-order valence-electron chi connectivity index (χ3n) is 4.55. The zero-order chi connectivity index (χ0) is 20.3. The van der Waals surface area contributed by atoms with Crippen molar-refractivity contribution in [2.75, 3.05) is 5.32 Å². The molecule has 0 aliphatic rings. The molecule has 0 radical (unpaired) electrons. The predicted molar refractivity (Wildman–Crippen MR) is 106 cm³/mol. The minimum Gasteiger partial charge on any atom is -0.480 e. The van der Waals surface area contributed by atoms with Crippen molar-refractivity contribution in [3.8, 4) is 0 Å². The summed E-state index contributed by atoms with van der Waals surface area (Å²) in [5.74, 6) is -1.16. The first kappa shape index (κ1) is 19.1. The molecule has 28 heavy (non-hydrogen) atoms. The van der Waals surface area contributed by atoms with Gasteiger partial charge in [0.25, 0.3) is 0 Å². The maximum Gasteiger partial charge on any atom is 0.357 e. The second kappa shape index (κ2) is 7.91. The van der Waals surface area contributed by atoms with Crippen molar-refractivity contribution >= 4 is 28.2 Å². The minimum absolute atomic E-state index is 0.0707. The molecule has 1 heterocycles. The van der Waals surface area contributed by atoms with Gasteiger partial charge in [0.15, 0.2) is 0 Å². The number of benzene rings is 2. The summed E-state index contributed by atoms with van der Waals surface area (Å²) in [6.07, 6.45) is 0.110. The van der Waals surface area contributed by atoms with E-state index in [1.165, 1.54) is 4.57 Å². The number of carboxylic acids is 1. The number of anilines is 1. The number of carboxylic acid groups (broad SMARTS) is 1. The zero-order valence-corrected chi connectivity index (χ0v) is 15.2. The Morgan fingerprint density at radius 3 is 2.43 bits per heavy atom. The molecular weight excluding hydrogens is 362 g/mol. The van der Waals surface area contributed by atoms with Crippen LogP contribution in [-0.2, 0) is 17.8 Å². The molecule has 3 aromatic rings. The fourth-order valence-electron chi connectivity index (χ4n) is 3.25. The number of hydrogen-bond donors (Lipinski definition) is 2. The lowest BCUT2D eigenvalue weighted by Gasteiger charge is -2.19. The molecule has 0 saturated carbocycles. The van der Waals surface area contributed by atoms with Crippen LogP contribution in [0.2, 0.25) is 0 Å². The topological polar surface area (TPSA) is 114 Å². The van der Waals surface area contributed by atoms with Gasteiger partial charge in [0.05, 0.1) is 10.4 Å². The van der Waals surface area contributed by atoms with Crippen molar-refractivity contribution in [2.24, 2.45) is 0 Å². The van der Waals surface area contributed by atoms with Crippen LogP contribution in [0.5, 0.6) is 0 Å². The molecule has 0 aliphatic heterocycles. The molecule has 0 aliphatic carbocycles. The number of nitrogens with one attached hydrogen (secondary N) is 1. The van der Waals surface area contributed by atoms with Gasteiger partial charge in [0, 0.05) is 18.4 Å². The molecule has 8 nitrogen and oxygen atoms in total. The average molecular weight is 381 g/mol. The zero-order valence-electron chi connectivity index (χ0n) is 15.2. The van der Waals surface area contributed by atoms with Crippen LogP contribution in [0.3, 0.4) is 0 Å². The summed E-state index contributed by atoms with van der Waals surface area (Å²) in [5.41, 5.74) is -0.223. The van der Waals surface area contributed by atoms with Gasteiger partial charge < -0.3 is 15.0 Å². The van der Waals surface area contributed by atoms with Crippen molar-refractivity contribution in [3.05, 3.63) is 80.6 Å². The second-order valence-electron chi connectivity index (χ2n) is 6.27. The number of aryl methyl sites for hydroxylation is 1. The molecule has 0 spiro atoms. The number of carbonyl (C=O) groups is 1. The van der Waals surface area contributed by atoms with E-state index in [4.69, 9.17) is 0 Å². The Balaban J connectivity index is 2.18. The minimum atomic E-state index is -1.16. The lowest BCUT2D eigenvalue weighted by atomic mass is 10.0. The van der Waals surface area contributed by atoms with E-state index in [1.54, 1.807) is 55.5 Å². The van der Waals surface area contributed by atoms with Crippen molar-refractivity contribution in [2.45, 2.75) is 25.9 Å². The van der Waals surface area contributed by atoms with E-state index in [1.807, 2.05) is 6.07 Å². The quantitative estimate of drug-likeness (QED) is 0.480. The number of nitrogens with zero attached hydrogens (tertiary/aromatic N) is 2. The van der Waals surface area contributed by atoms with Crippen molar-refractivity contribution < 1.29 is 14.8 Å². The van der Waals surface area contributed by atoms with Gasteiger partial charge in [-0.3, -0.25) is 14.9 Å². The molecule has 0 unspecified atom stereocenters. The molecule has 0 bridgehead atoms. The number of pyridine rings is 1.